The Morgan fingerprint density at radius 1 is 0.947 bits per heavy atom. The summed E-state index contributed by atoms with van der Waals surface area (Å²) in [5.41, 5.74) is 1.08. The molecule has 0 atom stereocenters. The number of anilines is 1. The van der Waals surface area contributed by atoms with Crippen molar-refractivity contribution in [2.24, 2.45) is 0 Å². The summed E-state index contributed by atoms with van der Waals surface area (Å²) in [6.07, 6.45) is 0. The average Bonchev–Trinajstić information content (AvgIpc) is 2.37. The summed E-state index contributed by atoms with van der Waals surface area (Å²) in [6.45, 7) is 0.237. The molecule has 0 saturated heterocycles. The van der Waals surface area contributed by atoms with Gasteiger partial charge < -0.3 is 20.6 Å². The second kappa shape index (κ2) is 5.47. The van der Waals surface area contributed by atoms with Crippen LogP contribution in [-0.2, 0) is 6.54 Å². The first-order chi connectivity index (χ1) is 8.99. The highest BCUT2D eigenvalue weighted by Crippen LogP contribution is 2.37. The zero-order valence-electron chi connectivity index (χ0n) is 9.69. The van der Waals surface area contributed by atoms with Crippen molar-refractivity contribution in [1.82, 2.24) is 0 Å². The van der Waals surface area contributed by atoms with Gasteiger partial charge in [0.2, 0.25) is 5.75 Å². The lowest BCUT2D eigenvalue weighted by atomic mass is 10.1. The minimum atomic E-state index is -0.540. The van der Waals surface area contributed by atoms with Crippen molar-refractivity contribution in [1.29, 1.82) is 0 Å². The number of phenols is 3. The number of phenolic OH excluding ortho intramolecular Hbond substituents is 3. The maximum Gasteiger partial charge on any atom is 0.200 e. The Hall–Kier alpha value is -1.78. The summed E-state index contributed by atoms with van der Waals surface area (Å²) in [6, 6.07) is 7.79. The fourth-order valence-electron chi connectivity index (χ4n) is 1.58. The summed E-state index contributed by atoms with van der Waals surface area (Å²) in [7, 11) is 0. The van der Waals surface area contributed by atoms with Gasteiger partial charge in [-0.25, -0.2) is 0 Å². The van der Waals surface area contributed by atoms with Crippen LogP contribution in [0.2, 0.25) is 10.0 Å². The molecule has 2 rings (SSSR count). The lowest BCUT2D eigenvalue weighted by molar-refractivity contribution is 0.365. The van der Waals surface area contributed by atoms with Crippen LogP contribution >= 0.6 is 23.2 Å². The standard InChI is InChI=1S/C13H11Cl2NO3/c14-8-2-3-10(9(15)5-8)16-6-7-1-4-11(17)13(19)12(7)18/h1-5,16-19H,6H2. The van der Waals surface area contributed by atoms with E-state index in [1.165, 1.54) is 12.1 Å². The van der Waals surface area contributed by atoms with Crippen molar-refractivity contribution >= 4 is 28.9 Å². The van der Waals surface area contributed by atoms with Crippen LogP contribution in [0.1, 0.15) is 5.56 Å². The van der Waals surface area contributed by atoms with Crippen LogP contribution in [0.25, 0.3) is 0 Å². The van der Waals surface area contributed by atoms with Crippen LogP contribution < -0.4 is 5.32 Å². The lowest BCUT2D eigenvalue weighted by Gasteiger charge is -2.11. The van der Waals surface area contributed by atoms with E-state index in [0.29, 0.717) is 21.3 Å². The van der Waals surface area contributed by atoms with Gasteiger partial charge in [0.05, 0.1) is 10.7 Å². The molecule has 4 N–H and O–H groups in total. The van der Waals surface area contributed by atoms with Crippen LogP contribution in [0.15, 0.2) is 30.3 Å². The Kier molecular flexibility index (Phi) is 3.93. The van der Waals surface area contributed by atoms with Crippen molar-refractivity contribution in [3.05, 3.63) is 45.9 Å². The normalized spacial score (nSPS) is 10.4. The molecule has 4 nitrogen and oxygen atoms in total. The zero-order chi connectivity index (χ0) is 14.0. The molecule has 100 valence electrons. The molecule has 0 heterocycles. The topological polar surface area (TPSA) is 72.7 Å². The van der Waals surface area contributed by atoms with Gasteiger partial charge in [0.25, 0.3) is 0 Å². The molecule has 0 aliphatic rings. The van der Waals surface area contributed by atoms with Crippen LogP contribution in [0.5, 0.6) is 17.2 Å². The van der Waals surface area contributed by atoms with E-state index in [2.05, 4.69) is 5.32 Å². The first-order valence-corrected chi connectivity index (χ1v) is 6.16. The van der Waals surface area contributed by atoms with Crippen molar-refractivity contribution < 1.29 is 15.3 Å². The molecule has 0 saturated carbocycles. The lowest BCUT2D eigenvalue weighted by Crippen LogP contribution is -2.00. The number of rotatable bonds is 3. The van der Waals surface area contributed by atoms with Gasteiger partial charge in [-0.05, 0) is 30.3 Å². The van der Waals surface area contributed by atoms with Gasteiger partial charge in [0, 0.05) is 17.1 Å². The third kappa shape index (κ3) is 2.97. The highest BCUT2D eigenvalue weighted by atomic mass is 35.5. The molecule has 0 aliphatic heterocycles. The number of halogens is 2. The highest BCUT2D eigenvalue weighted by Gasteiger charge is 2.11. The number of aromatic hydroxyl groups is 3. The van der Waals surface area contributed by atoms with Gasteiger partial charge in [-0.2, -0.15) is 0 Å². The molecule has 0 fully saturated rings. The van der Waals surface area contributed by atoms with E-state index in [9.17, 15) is 15.3 Å². The van der Waals surface area contributed by atoms with Crippen molar-refractivity contribution in [2.75, 3.05) is 5.32 Å². The Bertz CT molecular complexity index is 617. The SMILES string of the molecule is Oc1ccc(CNc2ccc(Cl)cc2Cl)c(O)c1O. The zero-order valence-corrected chi connectivity index (χ0v) is 11.2. The smallest absolute Gasteiger partial charge is 0.200 e. The number of nitrogens with one attached hydrogen (secondary N) is 1. The van der Waals surface area contributed by atoms with Gasteiger partial charge >= 0.3 is 0 Å². The van der Waals surface area contributed by atoms with Crippen LogP contribution in [0.4, 0.5) is 5.69 Å². The first kappa shape index (κ1) is 13.6. The quantitative estimate of drug-likeness (QED) is 0.652. The Labute approximate surface area is 119 Å². The van der Waals surface area contributed by atoms with Crippen molar-refractivity contribution in [2.45, 2.75) is 6.54 Å². The number of benzene rings is 2. The van der Waals surface area contributed by atoms with Gasteiger partial charge in [0.1, 0.15) is 0 Å². The Morgan fingerprint density at radius 2 is 1.68 bits per heavy atom. The van der Waals surface area contributed by atoms with Gasteiger partial charge in [-0.3, -0.25) is 0 Å². The highest BCUT2D eigenvalue weighted by molar-refractivity contribution is 6.36. The molecule has 6 heteroatoms. The maximum atomic E-state index is 9.67. The number of hydrogen-bond donors (Lipinski definition) is 4. The summed E-state index contributed by atoms with van der Waals surface area (Å²) in [4.78, 5) is 0. The molecule has 0 aromatic heterocycles. The van der Waals surface area contributed by atoms with Gasteiger partial charge in [-0.15, -0.1) is 0 Å². The summed E-state index contributed by atoms with van der Waals surface area (Å²) >= 11 is 11.8. The largest absolute Gasteiger partial charge is 0.504 e. The Balaban J connectivity index is 2.17. The Morgan fingerprint density at radius 3 is 2.37 bits per heavy atom. The monoisotopic (exact) mass is 299 g/mol. The molecular formula is C13H11Cl2NO3. The minimum absolute atomic E-state index is 0.237. The predicted octanol–water partition coefficient (Wildman–Crippen LogP) is 3.72. The maximum absolute atomic E-state index is 9.67. The van der Waals surface area contributed by atoms with E-state index in [1.54, 1.807) is 18.2 Å². The average molecular weight is 300 g/mol. The van der Waals surface area contributed by atoms with E-state index < -0.39 is 5.75 Å². The van der Waals surface area contributed by atoms with Crippen molar-refractivity contribution in [3.63, 3.8) is 0 Å². The fraction of sp³-hybridized carbons (Fsp3) is 0.0769. The molecule has 19 heavy (non-hydrogen) atoms. The van der Waals surface area contributed by atoms with E-state index in [4.69, 9.17) is 23.2 Å². The molecule has 0 aliphatic carbocycles. The number of hydrogen-bond acceptors (Lipinski definition) is 4. The van der Waals surface area contributed by atoms with E-state index in [-0.39, 0.29) is 18.0 Å². The second-order valence-electron chi connectivity index (χ2n) is 3.92. The first-order valence-electron chi connectivity index (χ1n) is 5.40. The van der Waals surface area contributed by atoms with Crippen LogP contribution in [-0.4, -0.2) is 15.3 Å². The van der Waals surface area contributed by atoms with Crippen molar-refractivity contribution in [3.8, 4) is 17.2 Å². The fourth-order valence-corrected chi connectivity index (χ4v) is 2.05. The second-order valence-corrected chi connectivity index (χ2v) is 4.76. The summed E-state index contributed by atoms with van der Waals surface area (Å²) in [5, 5.41) is 32.3. The third-order valence-electron chi connectivity index (χ3n) is 2.61. The third-order valence-corrected chi connectivity index (χ3v) is 3.16. The molecule has 0 bridgehead atoms. The summed E-state index contributed by atoms with van der Waals surface area (Å²) < 4.78 is 0. The summed E-state index contributed by atoms with van der Waals surface area (Å²) in [5.74, 6) is -1.27. The minimum Gasteiger partial charge on any atom is -0.504 e. The predicted molar refractivity (Wildman–Crippen MR) is 75.2 cm³/mol. The van der Waals surface area contributed by atoms with E-state index >= 15 is 0 Å². The van der Waals surface area contributed by atoms with Crippen LogP contribution in [0, 0.1) is 0 Å². The molecule has 0 amide bonds. The van der Waals surface area contributed by atoms with Gasteiger partial charge in [-0.1, -0.05) is 23.2 Å². The molecule has 2 aromatic carbocycles. The van der Waals surface area contributed by atoms with Crippen LogP contribution in [0.3, 0.4) is 0 Å². The van der Waals surface area contributed by atoms with E-state index in [1.807, 2.05) is 0 Å². The molecular weight excluding hydrogens is 289 g/mol. The van der Waals surface area contributed by atoms with Gasteiger partial charge in [0.15, 0.2) is 11.5 Å². The molecule has 0 spiro atoms. The molecule has 2 aromatic rings. The molecule has 0 unspecified atom stereocenters. The van der Waals surface area contributed by atoms with E-state index in [0.717, 1.165) is 0 Å². The molecule has 0 radical (unpaired) electrons.